The number of benzene rings is 1. The van der Waals surface area contributed by atoms with Crippen molar-refractivity contribution in [1.82, 2.24) is 9.97 Å². The van der Waals surface area contributed by atoms with Crippen molar-refractivity contribution in [2.45, 2.75) is 6.42 Å². The Morgan fingerprint density at radius 2 is 2.06 bits per heavy atom. The van der Waals surface area contributed by atoms with Crippen molar-refractivity contribution in [3.63, 3.8) is 0 Å². The zero-order valence-corrected chi connectivity index (χ0v) is 10.1. The van der Waals surface area contributed by atoms with E-state index < -0.39 is 0 Å². The summed E-state index contributed by atoms with van der Waals surface area (Å²) >= 11 is 5.81. The standard InChI is InChI=1S/C12H10ClN5/c13-10-3-1-8(2-4-10)5-9-6-16-12(17-7-14)18-11(9)15/h1-4,6H,5H2,(H3,15,16,17,18). The quantitative estimate of drug-likeness (QED) is 0.652. The van der Waals surface area contributed by atoms with E-state index in [0.29, 0.717) is 17.3 Å². The Balaban J connectivity index is 2.19. The van der Waals surface area contributed by atoms with E-state index in [-0.39, 0.29) is 5.95 Å². The highest BCUT2D eigenvalue weighted by molar-refractivity contribution is 6.30. The van der Waals surface area contributed by atoms with Crippen LogP contribution in [0, 0.1) is 11.5 Å². The molecule has 0 aliphatic rings. The summed E-state index contributed by atoms with van der Waals surface area (Å²) in [5, 5.41) is 11.5. The molecule has 90 valence electrons. The van der Waals surface area contributed by atoms with Crippen molar-refractivity contribution < 1.29 is 0 Å². The van der Waals surface area contributed by atoms with Gasteiger partial charge in [0.05, 0.1) is 0 Å². The fraction of sp³-hybridized carbons (Fsp3) is 0.0833. The Labute approximate surface area is 109 Å². The molecule has 0 fully saturated rings. The predicted octanol–water partition coefficient (Wildman–Crippen LogP) is 2.20. The van der Waals surface area contributed by atoms with Gasteiger partial charge in [0, 0.05) is 23.2 Å². The van der Waals surface area contributed by atoms with Crippen LogP contribution in [0.15, 0.2) is 30.5 Å². The molecule has 6 heteroatoms. The molecule has 2 aromatic rings. The zero-order chi connectivity index (χ0) is 13.0. The molecule has 0 bridgehead atoms. The molecule has 0 atom stereocenters. The second kappa shape index (κ2) is 5.34. The second-order valence-corrected chi connectivity index (χ2v) is 4.08. The number of rotatable bonds is 3. The van der Waals surface area contributed by atoms with Crippen LogP contribution in [0.2, 0.25) is 5.02 Å². The molecule has 18 heavy (non-hydrogen) atoms. The topological polar surface area (TPSA) is 87.6 Å². The van der Waals surface area contributed by atoms with Gasteiger partial charge < -0.3 is 5.73 Å². The lowest BCUT2D eigenvalue weighted by atomic mass is 10.1. The predicted molar refractivity (Wildman–Crippen MR) is 69.9 cm³/mol. The van der Waals surface area contributed by atoms with Crippen LogP contribution in [0.4, 0.5) is 11.8 Å². The van der Waals surface area contributed by atoms with Gasteiger partial charge in [0.15, 0.2) is 6.19 Å². The molecule has 0 unspecified atom stereocenters. The zero-order valence-electron chi connectivity index (χ0n) is 9.39. The Morgan fingerprint density at radius 1 is 1.33 bits per heavy atom. The van der Waals surface area contributed by atoms with Gasteiger partial charge in [-0.15, -0.1) is 0 Å². The van der Waals surface area contributed by atoms with Crippen LogP contribution in [-0.4, -0.2) is 9.97 Å². The van der Waals surface area contributed by atoms with Gasteiger partial charge >= 0.3 is 0 Å². The van der Waals surface area contributed by atoms with Crippen LogP contribution in [0.1, 0.15) is 11.1 Å². The maximum absolute atomic E-state index is 8.45. The molecule has 0 aliphatic heterocycles. The Hall–Kier alpha value is -2.32. The van der Waals surface area contributed by atoms with Crippen LogP contribution in [0.3, 0.4) is 0 Å². The lowest BCUT2D eigenvalue weighted by Gasteiger charge is -2.05. The molecule has 2 rings (SSSR count). The second-order valence-electron chi connectivity index (χ2n) is 3.64. The van der Waals surface area contributed by atoms with Gasteiger partial charge in [-0.05, 0) is 17.7 Å². The summed E-state index contributed by atoms with van der Waals surface area (Å²) in [5.74, 6) is 0.563. The van der Waals surface area contributed by atoms with Gasteiger partial charge in [-0.1, -0.05) is 23.7 Å². The summed E-state index contributed by atoms with van der Waals surface area (Å²) in [7, 11) is 0. The number of hydrogen-bond acceptors (Lipinski definition) is 5. The summed E-state index contributed by atoms with van der Waals surface area (Å²) in [5.41, 5.74) is 7.67. The van der Waals surface area contributed by atoms with Gasteiger partial charge in [-0.2, -0.15) is 10.2 Å². The number of anilines is 2. The minimum absolute atomic E-state index is 0.204. The van der Waals surface area contributed by atoms with E-state index in [0.717, 1.165) is 11.1 Å². The van der Waals surface area contributed by atoms with Gasteiger partial charge in [0.25, 0.3) is 0 Å². The molecule has 0 aliphatic carbocycles. The molecule has 3 N–H and O–H groups in total. The maximum atomic E-state index is 8.45. The van der Waals surface area contributed by atoms with E-state index in [1.165, 1.54) is 0 Å². The fourth-order valence-electron chi connectivity index (χ4n) is 1.49. The minimum atomic E-state index is 0.204. The van der Waals surface area contributed by atoms with Crippen molar-refractivity contribution >= 4 is 23.4 Å². The fourth-order valence-corrected chi connectivity index (χ4v) is 1.61. The van der Waals surface area contributed by atoms with Crippen LogP contribution in [0.5, 0.6) is 0 Å². The van der Waals surface area contributed by atoms with Crippen LogP contribution >= 0.6 is 11.6 Å². The summed E-state index contributed by atoms with van der Waals surface area (Å²) in [6.45, 7) is 0. The third-order valence-corrected chi connectivity index (χ3v) is 2.63. The van der Waals surface area contributed by atoms with E-state index in [2.05, 4.69) is 15.3 Å². The first-order chi connectivity index (χ1) is 8.69. The number of nitrogens with zero attached hydrogens (tertiary/aromatic N) is 3. The summed E-state index contributed by atoms with van der Waals surface area (Å²) in [6, 6.07) is 7.48. The van der Waals surface area contributed by atoms with E-state index in [1.54, 1.807) is 12.4 Å². The van der Waals surface area contributed by atoms with Gasteiger partial charge in [-0.3, -0.25) is 5.32 Å². The van der Waals surface area contributed by atoms with Crippen LogP contribution in [0.25, 0.3) is 0 Å². The molecular formula is C12H10ClN5. The van der Waals surface area contributed by atoms with Crippen molar-refractivity contribution in [3.8, 4) is 6.19 Å². The highest BCUT2D eigenvalue weighted by atomic mass is 35.5. The van der Waals surface area contributed by atoms with Crippen molar-refractivity contribution in [2.24, 2.45) is 0 Å². The van der Waals surface area contributed by atoms with Crippen molar-refractivity contribution in [3.05, 3.63) is 46.6 Å². The number of nitrogen functional groups attached to an aromatic ring is 1. The molecule has 0 amide bonds. The van der Waals surface area contributed by atoms with E-state index in [9.17, 15) is 0 Å². The molecule has 5 nitrogen and oxygen atoms in total. The molecule has 0 saturated carbocycles. The molecule has 0 spiro atoms. The molecule has 0 saturated heterocycles. The SMILES string of the molecule is N#CNc1ncc(Cc2ccc(Cl)cc2)c(N)n1. The van der Waals surface area contributed by atoms with Crippen LogP contribution < -0.4 is 11.1 Å². The normalized spacial score (nSPS) is 9.78. The minimum Gasteiger partial charge on any atom is -0.383 e. The van der Waals surface area contributed by atoms with Gasteiger partial charge in [-0.25, -0.2) is 4.98 Å². The molecule has 1 aromatic carbocycles. The lowest BCUT2D eigenvalue weighted by molar-refractivity contribution is 1.08. The Kier molecular flexibility index (Phi) is 3.60. The number of aromatic nitrogens is 2. The third-order valence-electron chi connectivity index (χ3n) is 2.37. The average Bonchev–Trinajstić information content (AvgIpc) is 2.36. The van der Waals surface area contributed by atoms with Crippen molar-refractivity contribution in [1.29, 1.82) is 5.26 Å². The Bertz CT molecular complexity index is 588. The number of halogens is 1. The first-order valence-electron chi connectivity index (χ1n) is 5.20. The molecule has 1 heterocycles. The maximum Gasteiger partial charge on any atom is 0.238 e. The lowest BCUT2D eigenvalue weighted by Crippen LogP contribution is -2.04. The first-order valence-corrected chi connectivity index (χ1v) is 5.58. The Morgan fingerprint density at radius 3 is 2.67 bits per heavy atom. The smallest absolute Gasteiger partial charge is 0.238 e. The van der Waals surface area contributed by atoms with E-state index >= 15 is 0 Å². The number of hydrogen-bond donors (Lipinski definition) is 2. The highest BCUT2D eigenvalue weighted by Crippen LogP contribution is 2.17. The number of nitrogens with two attached hydrogens (primary N) is 1. The molecule has 1 aromatic heterocycles. The van der Waals surface area contributed by atoms with E-state index in [1.807, 2.05) is 24.3 Å². The van der Waals surface area contributed by atoms with E-state index in [4.69, 9.17) is 22.6 Å². The largest absolute Gasteiger partial charge is 0.383 e. The summed E-state index contributed by atoms with van der Waals surface area (Å²) in [6.07, 6.45) is 3.97. The van der Waals surface area contributed by atoms with Gasteiger partial charge in [0.1, 0.15) is 5.82 Å². The molecular weight excluding hydrogens is 250 g/mol. The summed E-state index contributed by atoms with van der Waals surface area (Å²) < 4.78 is 0. The highest BCUT2D eigenvalue weighted by Gasteiger charge is 2.05. The third kappa shape index (κ3) is 2.87. The monoisotopic (exact) mass is 259 g/mol. The number of nitrogens with one attached hydrogen (secondary N) is 1. The number of nitriles is 1. The summed E-state index contributed by atoms with van der Waals surface area (Å²) in [4.78, 5) is 7.98. The van der Waals surface area contributed by atoms with Crippen molar-refractivity contribution in [2.75, 3.05) is 11.1 Å². The average molecular weight is 260 g/mol. The van der Waals surface area contributed by atoms with Crippen LogP contribution in [-0.2, 0) is 6.42 Å². The first kappa shape index (κ1) is 12.1. The van der Waals surface area contributed by atoms with Gasteiger partial charge in [0.2, 0.25) is 5.95 Å². The molecule has 0 radical (unpaired) electrons.